The second-order valence-electron chi connectivity index (χ2n) is 6.63. The monoisotopic (exact) mass is 359 g/mol. The first kappa shape index (κ1) is 17.2. The summed E-state index contributed by atoms with van der Waals surface area (Å²) in [6.07, 6.45) is 2.50. The fourth-order valence-electron chi connectivity index (χ4n) is 3.71. The van der Waals surface area contributed by atoms with Gasteiger partial charge in [0.05, 0.1) is 12.8 Å². The second-order valence-corrected chi connectivity index (χ2v) is 6.63. The molecule has 0 aliphatic carbocycles. The number of carbonyl (C=O) groups is 1. The third-order valence-electron chi connectivity index (χ3n) is 4.95. The van der Waals surface area contributed by atoms with Crippen LogP contribution in [0.5, 0.6) is 0 Å². The van der Waals surface area contributed by atoms with E-state index in [4.69, 9.17) is 10.6 Å². The average molecular weight is 359 g/mol. The van der Waals surface area contributed by atoms with Crippen molar-refractivity contribution in [1.82, 2.24) is 0 Å². The van der Waals surface area contributed by atoms with E-state index in [1.54, 1.807) is 6.21 Å². The number of rotatable bonds is 4. The van der Waals surface area contributed by atoms with Crippen molar-refractivity contribution in [1.29, 1.82) is 0 Å². The summed E-state index contributed by atoms with van der Waals surface area (Å²) in [5.74, 6) is 5.54. The molecule has 0 bridgehead atoms. The number of ether oxygens (including phenoxy) is 1. The molecule has 1 fully saturated rings. The van der Waals surface area contributed by atoms with E-state index in [9.17, 15) is 4.79 Å². The molecule has 1 aliphatic rings. The Balaban J connectivity index is 1.88. The molecule has 3 N–H and O–H groups in total. The van der Waals surface area contributed by atoms with Crippen molar-refractivity contribution < 1.29 is 9.53 Å². The molecular weight excluding hydrogens is 338 g/mol. The molecule has 1 saturated heterocycles. The molecule has 0 radical (unpaired) electrons. The molecule has 3 aromatic carbocycles. The van der Waals surface area contributed by atoms with Crippen molar-refractivity contribution in [2.45, 2.75) is 12.3 Å². The minimum atomic E-state index is -0.179. The van der Waals surface area contributed by atoms with Crippen LogP contribution in [0.15, 0.2) is 65.8 Å². The summed E-state index contributed by atoms with van der Waals surface area (Å²) in [6.45, 7) is 1.36. The maximum Gasteiger partial charge on any atom is 0.256 e. The van der Waals surface area contributed by atoms with E-state index in [1.165, 1.54) is 0 Å². The van der Waals surface area contributed by atoms with Gasteiger partial charge in [-0.15, -0.1) is 0 Å². The summed E-state index contributed by atoms with van der Waals surface area (Å²) in [7, 11) is 0. The molecule has 1 heterocycles. The highest BCUT2D eigenvalue weighted by atomic mass is 16.5. The molecule has 27 heavy (non-hydrogen) atoms. The molecule has 1 unspecified atom stereocenters. The van der Waals surface area contributed by atoms with Gasteiger partial charge in [-0.1, -0.05) is 42.5 Å². The Bertz CT molecular complexity index is 993. The van der Waals surface area contributed by atoms with Gasteiger partial charge in [0.15, 0.2) is 0 Å². The lowest BCUT2D eigenvalue weighted by molar-refractivity contribution is 0.102. The van der Waals surface area contributed by atoms with Gasteiger partial charge in [-0.2, -0.15) is 5.10 Å². The number of anilines is 1. The molecule has 1 amide bonds. The van der Waals surface area contributed by atoms with Gasteiger partial charge in [0.1, 0.15) is 0 Å². The normalized spacial score (nSPS) is 16.8. The second kappa shape index (κ2) is 7.60. The first-order valence-electron chi connectivity index (χ1n) is 9.01. The molecule has 1 atom stereocenters. The number of benzene rings is 3. The van der Waals surface area contributed by atoms with Gasteiger partial charge in [-0.05, 0) is 41.0 Å². The largest absolute Gasteiger partial charge is 0.381 e. The molecule has 0 aromatic heterocycles. The fraction of sp³-hybridized carbons (Fsp3) is 0.182. The highest BCUT2D eigenvalue weighted by Crippen LogP contribution is 2.35. The lowest BCUT2D eigenvalue weighted by atomic mass is 9.86. The van der Waals surface area contributed by atoms with Crippen LogP contribution in [0.25, 0.3) is 10.8 Å². The van der Waals surface area contributed by atoms with Crippen molar-refractivity contribution in [2.75, 3.05) is 18.5 Å². The van der Waals surface area contributed by atoms with Crippen molar-refractivity contribution in [2.24, 2.45) is 10.9 Å². The van der Waals surface area contributed by atoms with Crippen molar-refractivity contribution in [3.05, 3.63) is 77.4 Å². The number of hydrazone groups is 1. The Morgan fingerprint density at radius 3 is 2.67 bits per heavy atom. The van der Waals surface area contributed by atoms with Crippen molar-refractivity contribution in [3.63, 3.8) is 0 Å². The minimum Gasteiger partial charge on any atom is -0.381 e. The topological polar surface area (TPSA) is 76.7 Å². The van der Waals surface area contributed by atoms with E-state index < -0.39 is 0 Å². The molecule has 3 aromatic rings. The number of nitrogens with two attached hydrogens (primary N) is 1. The van der Waals surface area contributed by atoms with Crippen LogP contribution in [0.3, 0.4) is 0 Å². The Morgan fingerprint density at radius 1 is 1.15 bits per heavy atom. The Morgan fingerprint density at radius 2 is 1.93 bits per heavy atom. The van der Waals surface area contributed by atoms with Crippen LogP contribution in [-0.4, -0.2) is 25.3 Å². The predicted octanol–water partition coefficient (Wildman–Crippen LogP) is 3.89. The third kappa shape index (κ3) is 3.41. The summed E-state index contributed by atoms with van der Waals surface area (Å²) in [4.78, 5) is 13.1. The van der Waals surface area contributed by atoms with Gasteiger partial charge in [0.25, 0.3) is 5.91 Å². The smallest absolute Gasteiger partial charge is 0.256 e. The van der Waals surface area contributed by atoms with E-state index in [2.05, 4.69) is 16.5 Å². The zero-order chi connectivity index (χ0) is 18.6. The van der Waals surface area contributed by atoms with E-state index in [0.717, 1.165) is 40.6 Å². The van der Waals surface area contributed by atoms with Crippen LogP contribution in [0, 0.1) is 0 Å². The van der Waals surface area contributed by atoms with Gasteiger partial charge >= 0.3 is 0 Å². The highest BCUT2D eigenvalue weighted by Gasteiger charge is 2.26. The molecular formula is C22H21N3O2. The van der Waals surface area contributed by atoms with Crippen LogP contribution in [0.2, 0.25) is 0 Å². The SMILES string of the molecule is N/N=C/c1c(C(=O)Nc2ccccc2)cc2ccccc2c1C1CCOC1. The van der Waals surface area contributed by atoms with Crippen LogP contribution >= 0.6 is 0 Å². The zero-order valence-corrected chi connectivity index (χ0v) is 14.9. The van der Waals surface area contributed by atoms with Crippen molar-refractivity contribution in [3.8, 4) is 0 Å². The summed E-state index contributed by atoms with van der Waals surface area (Å²) in [5, 5.41) is 8.85. The Hall–Kier alpha value is -3.18. The van der Waals surface area contributed by atoms with Gasteiger partial charge in [-0.3, -0.25) is 4.79 Å². The highest BCUT2D eigenvalue weighted by molar-refractivity contribution is 6.13. The van der Waals surface area contributed by atoms with Crippen LogP contribution in [0.1, 0.15) is 33.8 Å². The van der Waals surface area contributed by atoms with Crippen LogP contribution in [0.4, 0.5) is 5.69 Å². The van der Waals surface area contributed by atoms with E-state index in [-0.39, 0.29) is 11.8 Å². The first-order valence-corrected chi connectivity index (χ1v) is 9.01. The summed E-state index contributed by atoms with van der Waals surface area (Å²) in [5.41, 5.74) is 3.16. The third-order valence-corrected chi connectivity index (χ3v) is 4.95. The average Bonchev–Trinajstić information content (AvgIpc) is 3.22. The molecule has 0 saturated carbocycles. The van der Waals surface area contributed by atoms with E-state index in [0.29, 0.717) is 12.2 Å². The summed E-state index contributed by atoms with van der Waals surface area (Å²) < 4.78 is 5.61. The van der Waals surface area contributed by atoms with Gasteiger partial charge < -0.3 is 15.9 Å². The molecule has 5 heteroatoms. The lowest BCUT2D eigenvalue weighted by Crippen LogP contribution is -2.17. The number of fused-ring (bicyclic) bond motifs is 1. The maximum atomic E-state index is 13.1. The Kier molecular flexibility index (Phi) is 4.85. The van der Waals surface area contributed by atoms with Gasteiger partial charge in [0, 0.05) is 29.3 Å². The first-order chi connectivity index (χ1) is 13.3. The number of carbonyl (C=O) groups excluding carboxylic acids is 1. The quantitative estimate of drug-likeness (QED) is 0.421. The lowest BCUT2D eigenvalue weighted by Gasteiger charge is -2.19. The Labute approximate surface area is 157 Å². The number of nitrogens with zero attached hydrogens (tertiary/aromatic N) is 1. The fourth-order valence-corrected chi connectivity index (χ4v) is 3.71. The predicted molar refractivity (Wildman–Crippen MR) is 108 cm³/mol. The maximum absolute atomic E-state index is 13.1. The summed E-state index contributed by atoms with van der Waals surface area (Å²) in [6, 6.07) is 19.4. The van der Waals surface area contributed by atoms with E-state index in [1.807, 2.05) is 54.6 Å². The van der Waals surface area contributed by atoms with Gasteiger partial charge in [-0.25, -0.2) is 0 Å². The standard InChI is InChI=1S/C22H21N3O2/c23-24-13-20-19(22(26)25-17-7-2-1-3-8-17)12-15-6-4-5-9-18(15)21(20)16-10-11-27-14-16/h1-9,12-13,16H,10-11,14,23H2,(H,25,26)/b24-13+. The van der Waals surface area contributed by atoms with Crippen LogP contribution < -0.4 is 11.2 Å². The van der Waals surface area contributed by atoms with Crippen LogP contribution in [-0.2, 0) is 4.74 Å². The van der Waals surface area contributed by atoms with Gasteiger partial charge in [0.2, 0.25) is 0 Å². The minimum absolute atomic E-state index is 0.179. The number of hydrogen-bond acceptors (Lipinski definition) is 4. The number of para-hydroxylation sites is 1. The molecule has 1 aliphatic heterocycles. The molecule has 4 rings (SSSR count). The number of amides is 1. The molecule has 136 valence electrons. The number of nitrogens with one attached hydrogen (secondary N) is 1. The molecule has 5 nitrogen and oxygen atoms in total. The molecule has 0 spiro atoms. The van der Waals surface area contributed by atoms with E-state index >= 15 is 0 Å². The van der Waals surface area contributed by atoms with Crippen molar-refractivity contribution >= 4 is 28.6 Å². The summed E-state index contributed by atoms with van der Waals surface area (Å²) >= 11 is 0. The number of hydrogen-bond donors (Lipinski definition) is 2. The zero-order valence-electron chi connectivity index (χ0n) is 14.9.